The monoisotopic (exact) mass is 159 g/mol. The molecule has 2 N–H and O–H groups in total. The molecule has 11 heavy (non-hydrogen) atoms. The van der Waals surface area contributed by atoms with Gasteiger partial charge in [-0.3, -0.25) is 14.4 Å². The first-order valence-electron chi connectivity index (χ1n) is 3.22. The van der Waals surface area contributed by atoms with E-state index in [2.05, 4.69) is 10.3 Å². The summed E-state index contributed by atoms with van der Waals surface area (Å²) in [6.07, 6.45) is 0.421. The minimum atomic E-state index is -0.916. The van der Waals surface area contributed by atoms with Crippen LogP contribution in [0.5, 0.6) is 0 Å². The maximum absolute atomic E-state index is 10.8. The van der Waals surface area contributed by atoms with E-state index in [4.69, 9.17) is 5.11 Å². The molecule has 1 fully saturated rings. The van der Waals surface area contributed by atoms with E-state index in [0.29, 0.717) is 6.42 Å². The van der Waals surface area contributed by atoms with Crippen molar-refractivity contribution in [3.05, 3.63) is 0 Å². The van der Waals surface area contributed by atoms with E-state index in [1.807, 2.05) is 0 Å². The first-order valence-corrected chi connectivity index (χ1v) is 3.22. The summed E-state index contributed by atoms with van der Waals surface area (Å²) in [5.74, 6) is -2.17. The van der Waals surface area contributed by atoms with E-state index < -0.39 is 17.8 Å². The Hall–Kier alpha value is -1.10. The van der Waals surface area contributed by atoms with Gasteiger partial charge >= 0.3 is 5.97 Å². The van der Waals surface area contributed by atoms with Crippen molar-refractivity contribution >= 4 is 11.9 Å². The highest BCUT2D eigenvalue weighted by Crippen LogP contribution is 2.38. The van der Waals surface area contributed by atoms with Crippen molar-refractivity contribution in [1.29, 1.82) is 0 Å². The van der Waals surface area contributed by atoms with Gasteiger partial charge in [-0.2, -0.15) is 0 Å². The van der Waals surface area contributed by atoms with Crippen LogP contribution in [-0.2, 0) is 14.4 Å². The van der Waals surface area contributed by atoms with Crippen LogP contribution < -0.4 is 5.48 Å². The number of carbonyl (C=O) groups is 2. The first kappa shape index (κ1) is 8.00. The summed E-state index contributed by atoms with van der Waals surface area (Å²) in [5.41, 5.74) is 2.09. The first-order chi connectivity index (χ1) is 5.16. The predicted molar refractivity (Wildman–Crippen MR) is 34.4 cm³/mol. The molecular weight excluding hydrogens is 150 g/mol. The number of hydrogen-bond acceptors (Lipinski definition) is 3. The number of nitrogens with one attached hydrogen (secondary N) is 1. The van der Waals surface area contributed by atoms with Crippen molar-refractivity contribution in [2.75, 3.05) is 7.11 Å². The molecule has 1 saturated carbocycles. The Kier molecular flexibility index (Phi) is 2.09. The van der Waals surface area contributed by atoms with Gasteiger partial charge in [-0.15, -0.1) is 0 Å². The van der Waals surface area contributed by atoms with Crippen LogP contribution in [0.15, 0.2) is 0 Å². The molecule has 1 aliphatic carbocycles. The van der Waals surface area contributed by atoms with Crippen LogP contribution in [0, 0.1) is 11.8 Å². The third-order valence-corrected chi connectivity index (χ3v) is 1.65. The molecule has 0 aliphatic heterocycles. The van der Waals surface area contributed by atoms with Crippen LogP contribution in [-0.4, -0.2) is 24.1 Å². The molecule has 5 nitrogen and oxygen atoms in total. The summed E-state index contributed by atoms with van der Waals surface area (Å²) in [5, 5.41) is 8.42. The van der Waals surface area contributed by atoms with Crippen molar-refractivity contribution in [2.45, 2.75) is 6.42 Å². The Labute approximate surface area is 63.3 Å². The average molecular weight is 159 g/mol. The quantitative estimate of drug-likeness (QED) is 0.538. The van der Waals surface area contributed by atoms with Gasteiger partial charge in [0.2, 0.25) is 5.91 Å². The molecule has 0 aromatic carbocycles. The Bertz CT molecular complexity index is 191. The second-order valence-corrected chi connectivity index (χ2v) is 2.46. The lowest BCUT2D eigenvalue weighted by Crippen LogP contribution is -2.25. The molecule has 5 heteroatoms. The summed E-state index contributed by atoms with van der Waals surface area (Å²) >= 11 is 0. The number of rotatable bonds is 3. The van der Waals surface area contributed by atoms with E-state index in [-0.39, 0.29) is 5.91 Å². The topological polar surface area (TPSA) is 75.6 Å². The summed E-state index contributed by atoms with van der Waals surface area (Å²) in [6.45, 7) is 0. The molecule has 1 aliphatic rings. The van der Waals surface area contributed by atoms with Crippen LogP contribution >= 0.6 is 0 Å². The summed E-state index contributed by atoms with van der Waals surface area (Å²) in [7, 11) is 1.32. The number of hydrogen-bond donors (Lipinski definition) is 2. The number of carbonyl (C=O) groups excluding carboxylic acids is 1. The molecule has 0 unspecified atom stereocenters. The number of carboxylic acid groups (broad SMARTS) is 1. The Balaban J connectivity index is 2.32. The van der Waals surface area contributed by atoms with Crippen LogP contribution in [0.4, 0.5) is 0 Å². The third kappa shape index (κ3) is 1.68. The van der Waals surface area contributed by atoms with Crippen LogP contribution in [0.25, 0.3) is 0 Å². The molecule has 0 aromatic heterocycles. The fourth-order valence-corrected chi connectivity index (χ4v) is 0.934. The molecule has 0 spiro atoms. The minimum Gasteiger partial charge on any atom is -0.481 e. The van der Waals surface area contributed by atoms with Crippen LogP contribution in [0.1, 0.15) is 6.42 Å². The lowest BCUT2D eigenvalue weighted by atomic mass is 10.3. The highest BCUT2D eigenvalue weighted by molar-refractivity contribution is 5.88. The highest BCUT2D eigenvalue weighted by Gasteiger charge is 2.48. The van der Waals surface area contributed by atoms with E-state index in [0.717, 1.165) is 0 Å². The van der Waals surface area contributed by atoms with Gasteiger partial charge in [-0.1, -0.05) is 0 Å². The summed E-state index contributed by atoms with van der Waals surface area (Å²) in [6, 6.07) is 0. The van der Waals surface area contributed by atoms with Crippen molar-refractivity contribution in [2.24, 2.45) is 11.8 Å². The number of amides is 1. The predicted octanol–water partition coefficient (Wildman–Crippen LogP) is -0.615. The van der Waals surface area contributed by atoms with Crippen molar-refractivity contribution in [3.8, 4) is 0 Å². The highest BCUT2D eigenvalue weighted by atomic mass is 16.6. The second-order valence-electron chi connectivity index (χ2n) is 2.46. The van der Waals surface area contributed by atoms with Gasteiger partial charge in [-0.25, -0.2) is 5.48 Å². The van der Waals surface area contributed by atoms with Crippen molar-refractivity contribution in [1.82, 2.24) is 5.48 Å². The normalized spacial score (nSPS) is 27.7. The molecule has 0 heterocycles. The fourth-order valence-electron chi connectivity index (χ4n) is 0.934. The lowest BCUT2D eigenvalue weighted by molar-refractivity contribution is -0.141. The van der Waals surface area contributed by atoms with Crippen molar-refractivity contribution < 1.29 is 19.5 Å². The Morgan fingerprint density at radius 1 is 1.55 bits per heavy atom. The molecular formula is C6H9NO4. The molecule has 2 atom stereocenters. The van der Waals surface area contributed by atoms with Gasteiger partial charge in [0.25, 0.3) is 0 Å². The molecule has 1 amide bonds. The zero-order valence-corrected chi connectivity index (χ0v) is 6.03. The summed E-state index contributed by atoms with van der Waals surface area (Å²) < 4.78 is 0. The minimum absolute atomic E-state index is 0.347. The standard InChI is InChI=1S/C6H9NO4/c1-11-7-5(8)3-2-4(3)6(9)10/h3-4H,2H2,1H3,(H,7,8)(H,9,10)/t3-,4+/m1/s1. The molecule has 1 rings (SSSR count). The van der Waals surface area contributed by atoms with Crippen LogP contribution in [0.2, 0.25) is 0 Å². The maximum Gasteiger partial charge on any atom is 0.307 e. The fraction of sp³-hybridized carbons (Fsp3) is 0.667. The number of hydroxylamine groups is 1. The lowest BCUT2D eigenvalue weighted by Gasteiger charge is -1.97. The number of aliphatic carboxylic acids is 1. The maximum atomic E-state index is 10.8. The Morgan fingerprint density at radius 3 is 2.55 bits per heavy atom. The van der Waals surface area contributed by atoms with Gasteiger partial charge in [-0.05, 0) is 6.42 Å². The molecule has 0 radical (unpaired) electrons. The van der Waals surface area contributed by atoms with Crippen LogP contribution in [0.3, 0.4) is 0 Å². The zero-order valence-electron chi connectivity index (χ0n) is 6.03. The van der Waals surface area contributed by atoms with Gasteiger partial charge in [0, 0.05) is 0 Å². The van der Waals surface area contributed by atoms with Gasteiger partial charge < -0.3 is 5.11 Å². The van der Waals surface area contributed by atoms with Crippen molar-refractivity contribution in [3.63, 3.8) is 0 Å². The summed E-state index contributed by atoms with van der Waals surface area (Å²) in [4.78, 5) is 25.4. The largest absolute Gasteiger partial charge is 0.481 e. The average Bonchev–Trinajstić information content (AvgIpc) is 2.65. The molecule has 0 bridgehead atoms. The van der Waals surface area contributed by atoms with E-state index in [1.165, 1.54) is 7.11 Å². The zero-order chi connectivity index (χ0) is 8.43. The number of carboxylic acids is 1. The van der Waals surface area contributed by atoms with E-state index in [1.54, 1.807) is 0 Å². The SMILES string of the molecule is CONC(=O)[C@@H]1C[C@@H]1C(=O)O. The second kappa shape index (κ2) is 2.87. The van der Waals surface area contributed by atoms with E-state index >= 15 is 0 Å². The van der Waals surface area contributed by atoms with Gasteiger partial charge in [0.15, 0.2) is 0 Å². The van der Waals surface area contributed by atoms with Gasteiger partial charge in [0.05, 0.1) is 18.9 Å². The van der Waals surface area contributed by atoms with E-state index in [9.17, 15) is 9.59 Å². The molecule has 62 valence electrons. The molecule has 0 aromatic rings. The van der Waals surface area contributed by atoms with Gasteiger partial charge in [0.1, 0.15) is 0 Å². The molecule has 0 saturated heterocycles. The smallest absolute Gasteiger partial charge is 0.307 e. The third-order valence-electron chi connectivity index (χ3n) is 1.65. The Morgan fingerprint density at radius 2 is 2.18 bits per heavy atom.